The molecular weight excluding hydrogens is 604 g/mol. The highest BCUT2D eigenvalue weighted by molar-refractivity contribution is 7.15. The summed E-state index contributed by atoms with van der Waals surface area (Å²) < 4.78 is 11.3. The van der Waals surface area contributed by atoms with Gasteiger partial charge in [-0.15, -0.1) is 11.3 Å². The lowest BCUT2D eigenvalue weighted by Gasteiger charge is -2.39. The molecule has 2 aliphatic rings. The van der Waals surface area contributed by atoms with Crippen molar-refractivity contribution in [2.45, 2.75) is 144 Å². The standard InChI is InChI=1S/C36H54N2O7S/c1-10-23(3)29(37-34(43)45-36(7,8)9)33(42)44-26-17-15-25(16-18-26)38(31(39)24-13-11-22(2)12-14-24)28-21-27(19-20-35(4,5)6)46-30(28)32(40)41/h21-26,29H,10-18H2,1-9H3,(H,37,43)(H,40,41)/t22-,23-,24-,25-,26-,29-/m1/s1. The first-order chi connectivity index (χ1) is 21.4. The number of carboxylic acid groups (broad SMARTS) is 1. The van der Waals surface area contributed by atoms with Crippen LogP contribution in [0, 0.1) is 35.0 Å². The minimum Gasteiger partial charge on any atom is -0.477 e. The van der Waals surface area contributed by atoms with Gasteiger partial charge in [0, 0.05) is 17.4 Å². The zero-order valence-corrected chi connectivity index (χ0v) is 30.0. The van der Waals surface area contributed by atoms with E-state index in [9.17, 15) is 24.3 Å². The molecular formula is C36H54N2O7S. The molecule has 3 rings (SSSR count). The molecule has 1 aromatic rings. The maximum atomic E-state index is 14.2. The number of hydrogen-bond acceptors (Lipinski definition) is 7. The van der Waals surface area contributed by atoms with Crippen molar-refractivity contribution in [1.82, 2.24) is 5.32 Å². The Hall–Kier alpha value is -3.06. The fourth-order valence-electron chi connectivity index (χ4n) is 5.99. The van der Waals surface area contributed by atoms with Gasteiger partial charge in [0.05, 0.1) is 10.6 Å². The van der Waals surface area contributed by atoms with Gasteiger partial charge in [-0.1, -0.05) is 39.0 Å². The molecule has 0 unspecified atom stereocenters. The fraction of sp³-hybridized carbons (Fsp3) is 0.722. The number of thiophene rings is 1. The number of ether oxygens (including phenoxy) is 2. The maximum Gasteiger partial charge on any atom is 0.408 e. The molecule has 2 saturated carbocycles. The van der Waals surface area contributed by atoms with Gasteiger partial charge in [0.25, 0.3) is 0 Å². The van der Waals surface area contributed by atoms with Crippen LogP contribution in [0.25, 0.3) is 0 Å². The van der Waals surface area contributed by atoms with Crippen LogP contribution in [0.2, 0.25) is 0 Å². The van der Waals surface area contributed by atoms with E-state index in [2.05, 4.69) is 24.1 Å². The van der Waals surface area contributed by atoms with Gasteiger partial charge < -0.3 is 24.8 Å². The molecule has 10 heteroatoms. The van der Waals surface area contributed by atoms with Crippen molar-refractivity contribution in [3.8, 4) is 11.8 Å². The van der Waals surface area contributed by atoms with Gasteiger partial charge in [-0.25, -0.2) is 14.4 Å². The van der Waals surface area contributed by atoms with Crippen LogP contribution in [-0.2, 0) is 19.1 Å². The Morgan fingerprint density at radius 3 is 2.15 bits per heavy atom. The van der Waals surface area contributed by atoms with Crippen LogP contribution in [0.1, 0.15) is 135 Å². The van der Waals surface area contributed by atoms with E-state index < -0.39 is 29.7 Å². The number of hydrogen-bond donors (Lipinski definition) is 2. The van der Waals surface area contributed by atoms with E-state index in [1.54, 1.807) is 31.7 Å². The van der Waals surface area contributed by atoms with Gasteiger partial charge in [0.15, 0.2) is 0 Å². The molecule has 0 bridgehead atoms. The van der Waals surface area contributed by atoms with Crippen molar-refractivity contribution in [1.29, 1.82) is 0 Å². The van der Waals surface area contributed by atoms with Crippen LogP contribution in [0.15, 0.2) is 6.07 Å². The first kappa shape index (κ1) is 37.4. The van der Waals surface area contributed by atoms with Gasteiger partial charge in [0.1, 0.15) is 22.6 Å². The van der Waals surface area contributed by atoms with E-state index in [4.69, 9.17) is 9.47 Å². The van der Waals surface area contributed by atoms with Crippen molar-refractivity contribution >= 4 is 41.0 Å². The zero-order chi connectivity index (χ0) is 34.4. The number of nitrogens with zero attached hydrogens (tertiary/aromatic N) is 1. The van der Waals surface area contributed by atoms with E-state index >= 15 is 0 Å². The van der Waals surface area contributed by atoms with Crippen molar-refractivity contribution in [3.05, 3.63) is 15.8 Å². The van der Waals surface area contributed by atoms with Crippen LogP contribution in [-0.4, -0.2) is 52.8 Å². The Bertz CT molecular complexity index is 1300. The van der Waals surface area contributed by atoms with Crippen molar-refractivity contribution in [3.63, 3.8) is 0 Å². The summed E-state index contributed by atoms with van der Waals surface area (Å²) in [5, 5.41) is 12.9. The normalized spacial score (nSPS) is 23.2. The molecule has 46 heavy (non-hydrogen) atoms. The molecule has 1 aromatic heterocycles. The predicted octanol–water partition coefficient (Wildman–Crippen LogP) is 7.80. The van der Waals surface area contributed by atoms with Crippen LogP contribution < -0.4 is 10.2 Å². The molecule has 9 nitrogen and oxygen atoms in total. The summed E-state index contributed by atoms with van der Waals surface area (Å²) in [4.78, 5) is 55.0. The minimum absolute atomic E-state index is 0.0265. The number of aromatic carboxylic acids is 1. The maximum absolute atomic E-state index is 14.2. The predicted molar refractivity (Wildman–Crippen MR) is 181 cm³/mol. The van der Waals surface area contributed by atoms with Crippen LogP contribution in [0.3, 0.4) is 0 Å². The summed E-state index contributed by atoms with van der Waals surface area (Å²) in [6, 6.07) is 0.686. The molecule has 2 aliphatic carbocycles. The van der Waals surface area contributed by atoms with E-state index in [1.807, 2.05) is 34.6 Å². The van der Waals surface area contributed by atoms with Crippen molar-refractivity contribution in [2.75, 3.05) is 4.90 Å². The third kappa shape index (κ3) is 10.8. The quantitative estimate of drug-likeness (QED) is 0.205. The molecule has 0 saturated heterocycles. The number of carboxylic acids is 1. The SMILES string of the molecule is CC[C@@H](C)[C@@H](NC(=O)OC(C)(C)C)C(=O)O[C@H]1CC[C@H](N(c2cc(C#CC(C)(C)C)sc2C(=O)O)C(=O)[C@H]2CC[C@H](C)CC2)CC1. The Morgan fingerprint density at radius 2 is 1.63 bits per heavy atom. The lowest BCUT2D eigenvalue weighted by Crippen LogP contribution is -2.50. The largest absolute Gasteiger partial charge is 0.477 e. The summed E-state index contributed by atoms with van der Waals surface area (Å²) >= 11 is 1.11. The number of carbonyl (C=O) groups is 4. The first-order valence-electron chi connectivity index (χ1n) is 16.8. The molecule has 0 radical (unpaired) electrons. The van der Waals surface area contributed by atoms with E-state index in [1.165, 1.54) is 0 Å². The van der Waals surface area contributed by atoms with Crippen LogP contribution >= 0.6 is 11.3 Å². The number of amides is 2. The Labute approximate surface area is 279 Å². The summed E-state index contributed by atoms with van der Waals surface area (Å²) in [7, 11) is 0. The van der Waals surface area contributed by atoms with Gasteiger partial charge in [-0.2, -0.15) is 0 Å². The van der Waals surface area contributed by atoms with Crippen molar-refractivity contribution < 1.29 is 33.8 Å². The molecule has 1 heterocycles. The molecule has 0 spiro atoms. The fourth-order valence-corrected chi connectivity index (χ4v) is 6.83. The Kier molecular flexibility index (Phi) is 12.8. The summed E-state index contributed by atoms with van der Waals surface area (Å²) in [5.74, 6) is 4.97. The minimum atomic E-state index is -1.07. The number of esters is 1. The molecule has 256 valence electrons. The monoisotopic (exact) mass is 658 g/mol. The van der Waals surface area contributed by atoms with E-state index in [0.29, 0.717) is 48.6 Å². The van der Waals surface area contributed by atoms with E-state index in [-0.39, 0.29) is 40.2 Å². The highest BCUT2D eigenvalue weighted by atomic mass is 32.1. The average Bonchev–Trinajstić information content (AvgIpc) is 3.38. The molecule has 2 atom stereocenters. The lowest BCUT2D eigenvalue weighted by atomic mass is 9.81. The highest BCUT2D eigenvalue weighted by Gasteiger charge is 2.39. The van der Waals surface area contributed by atoms with Crippen LogP contribution in [0.4, 0.5) is 10.5 Å². The topological polar surface area (TPSA) is 122 Å². The smallest absolute Gasteiger partial charge is 0.408 e. The molecule has 0 aromatic carbocycles. The summed E-state index contributed by atoms with van der Waals surface area (Å²) in [6.07, 6.45) is 5.28. The van der Waals surface area contributed by atoms with Crippen molar-refractivity contribution in [2.24, 2.45) is 23.2 Å². The van der Waals surface area contributed by atoms with Gasteiger partial charge >= 0.3 is 18.0 Å². The lowest BCUT2D eigenvalue weighted by molar-refractivity contribution is -0.154. The third-order valence-corrected chi connectivity index (χ3v) is 9.79. The highest BCUT2D eigenvalue weighted by Crippen LogP contribution is 2.39. The second kappa shape index (κ2) is 15.7. The molecule has 2 amide bonds. The second-order valence-corrected chi connectivity index (χ2v) is 16.2. The Morgan fingerprint density at radius 1 is 1.02 bits per heavy atom. The van der Waals surface area contributed by atoms with Crippen LogP contribution in [0.5, 0.6) is 0 Å². The summed E-state index contributed by atoms with van der Waals surface area (Å²) in [5.41, 5.74) is -0.541. The number of rotatable bonds is 9. The number of nitrogens with one attached hydrogen (secondary N) is 1. The van der Waals surface area contributed by atoms with Gasteiger partial charge in [0.2, 0.25) is 5.91 Å². The second-order valence-electron chi connectivity index (χ2n) is 15.2. The first-order valence-corrected chi connectivity index (χ1v) is 17.6. The number of carbonyl (C=O) groups excluding carboxylic acids is 3. The number of alkyl carbamates (subject to hydrolysis) is 1. The summed E-state index contributed by atoms with van der Waals surface area (Å²) in [6.45, 7) is 17.3. The molecule has 0 aliphatic heterocycles. The van der Waals surface area contributed by atoms with Gasteiger partial charge in [-0.05, 0) is 111 Å². The molecule has 2 fully saturated rings. The van der Waals surface area contributed by atoms with Gasteiger partial charge in [-0.3, -0.25) is 4.79 Å². The third-order valence-electron chi connectivity index (χ3n) is 8.76. The Balaban J connectivity index is 1.82. The zero-order valence-electron chi connectivity index (χ0n) is 29.2. The number of anilines is 1. The molecule has 2 N–H and O–H groups in total. The average molecular weight is 659 g/mol. The van der Waals surface area contributed by atoms with E-state index in [0.717, 1.165) is 37.0 Å².